The quantitative estimate of drug-likeness (QED) is 0.568. The lowest BCUT2D eigenvalue weighted by molar-refractivity contribution is -0.882. The smallest absolute Gasteiger partial charge is 0.183 e. The summed E-state index contributed by atoms with van der Waals surface area (Å²) in [7, 11) is 8.37. The largest absolute Gasteiger partial charge is 0.322 e. The first-order chi connectivity index (χ1) is 5.83. The minimum Gasteiger partial charge on any atom is -0.322 e. The molecule has 0 aliphatic heterocycles. The number of carbonyl (C=O) groups excluding carboxylic acids is 1. The van der Waals surface area contributed by atoms with Crippen LogP contribution in [0.2, 0.25) is 0 Å². The Hall–Kier alpha value is -0.410. The van der Waals surface area contributed by atoms with E-state index in [1.165, 1.54) is 0 Å². The van der Waals surface area contributed by atoms with E-state index in [4.69, 9.17) is 0 Å². The summed E-state index contributed by atoms with van der Waals surface area (Å²) in [5.41, 5.74) is 0. The molecule has 0 aromatic carbocycles. The number of nitrogens with zero attached hydrogens (tertiary/aromatic N) is 2. The molecule has 78 valence electrons. The first kappa shape index (κ1) is 12.6. The van der Waals surface area contributed by atoms with Crippen LogP contribution in [0, 0.1) is 0 Å². The summed E-state index contributed by atoms with van der Waals surface area (Å²) in [6.07, 6.45) is 1.15. The maximum absolute atomic E-state index is 10.9. The minimum absolute atomic E-state index is 0.273. The van der Waals surface area contributed by atoms with Crippen LogP contribution in [0.5, 0.6) is 0 Å². The van der Waals surface area contributed by atoms with Gasteiger partial charge in [-0.15, -0.1) is 0 Å². The van der Waals surface area contributed by atoms with Crippen LogP contribution in [-0.2, 0) is 4.79 Å². The number of hydrogen-bond acceptors (Lipinski definition) is 2. The molecule has 3 nitrogen and oxygen atoms in total. The van der Waals surface area contributed by atoms with Crippen LogP contribution in [0.1, 0.15) is 13.3 Å². The number of likely N-dealkylation sites (N-methyl/N-ethyl adjacent to an activating group) is 1. The van der Waals surface area contributed by atoms with Gasteiger partial charge in [0.05, 0.1) is 20.6 Å². The lowest BCUT2D eigenvalue weighted by Gasteiger charge is -2.29. The maximum atomic E-state index is 10.9. The lowest BCUT2D eigenvalue weighted by atomic mass is 10.3. The molecular formula is C10H23N2O+. The highest BCUT2D eigenvalue weighted by Crippen LogP contribution is 1.99. The van der Waals surface area contributed by atoms with Gasteiger partial charge < -0.3 is 9.38 Å². The molecule has 0 atom stereocenters. The van der Waals surface area contributed by atoms with Crippen LogP contribution >= 0.6 is 0 Å². The van der Waals surface area contributed by atoms with E-state index < -0.39 is 0 Å². The second-order valence-electron chi connectivity index (χ2n) is 4.68. The Kier molecular flexibility index (Phi) is 5.18. The third kappa shape index (κ3) is 7.94. The van der Waals surface area contributed by atoms with Crippen molar-refractivity contribution >= 4 is 5.78 Å². The van der Waals surface area contributed by atoms with E-state index in [9.17, 15) is 4.79 Å². The molecule has 0 heterocycles. The summed E-state index contributed by atoms with van der Waals surface area (Å²) < 4.78 is 0.809. The second-order valence-corrected chi connectivity index (χ2v) is 4.68. The van der Waals surface area contributed by atoms with Crippen molar-refractivity contribution in [3.63, 3.8) is 0 Å². The fraction of sp³-hybridized carbons (Fsp3) is 0.900. The summed E-state index contributed by atoms with van der Waals surface area (Å²) in [5, 5.41) is 0. The van der Waals surface area contributed by atoms with Crippen molar-refractivity contribution < 1.29 is 9.28 Å². The normalized spacial score (nSPS) is 12.2. The van der Waals surface area contributed by atoms with Crippen molar-refractivity contribution in [2.75, 3.05) is 47.8 Å². The number of carbonyl (C=O) groups is 1. The fourth-order valence-electron chi connectivity index (χ4n) is 1.50. The van der Waals surface area contributed by atoms with Crippen LogP contribution < -0.4 is 0 Å². The Morgan fingerprint density at radius 3 is 2.23 bits per heavy atom. The van der Waals surface area contributed by atoms with Crippen molar-refractivity contribution in [1.29, 1.82) is 0 Å². The summed E-state index contributed by atoms with van der Waals surface area (Å²) >= 11 is 0. The van der Waals surface area contributed by atoms with Gasteiger partial charge in [0.15, 0.2) is 5.78 Å². The van der Waals surface area contributed by atoms with Crippen LogP contribution in [0.25, 0.3) is 0 Å². The highest BCUT2D eigenvalue weighted by molar-refractivity contribution is 5.76. The zero-order chi connectivity index (χ0) is 10.5. The molecule has 0 spiro atoms. The zero-order valence-electron chi connectivity index (χ0n) is 9.63. The van der Waals surface area contributed by atoms with E-state index in [-0.39, 0.29) is 5.78 Å². The van der Waals surface area contributed by atoms with Crippen molar-refractivity contribution in [2.45, 2.75) is 13.3 Å². The molecule has 0 radical (unpaired) electrons. The van der Waals surface area contributed by atoms with Gasteiger partial charge in [0.2, 0.25) is 0 Å². The first-order valence-corrected chi connectivity index (χ1v) is 4.80. The van der Waals surface area contributed by atoms with Crippen molar-refractivity contribution in [1.82, 2.24) is 4.90 Å². The van der Waals surface area contributed by atoms with E-state index in [1.54, 1.807) is 6.92 Å². The molecule has 0 fully saturated rings. The molecule has 0 saturated heterocycles. The SMILES string of the molecule is CC(=O)C[N+](C)(C)CCCN(C)C. The first-order valence-electron chi connectivity index (χ1n) is 4.80. The fourth-order valence-corrected chi connectivity index (χ4v) is 1.50. The summed E-state index contributed by atoms with van der Waals surface area (Å²) in [4.78, 5) is 13.1. The molecule has 0 rings (SSSR count). The molecule has 0 aliphatic carbocycles. The van der Waals surface area contributed by atoms with Gasteiger partial charge in [0, 0.05) is 19.9 Å². The highest BCUT2D eigenvalue weighted by Gasteiger charge is 2.16. The van der Waals surface area contributed by atoms with Gasteiger partial charge in [-0.3, -0.25) is 4.79 Å². The van der Waals surface area contributed by atoms with E-state index >= 15 is 0 Å². The molecule has 13 heavy (non-hydrogen) atoms. The molecule has 0 saturated carbocycles. The Labute approximate surface area is 81.9 Å². The van der Waals surface area contributed by atoms with Crippen LogP contribution in [0.3, 0.4) is 0 Å². The van der Waals surface area contributed by atoms with Gasteiger partial charge in [0.1, 0.15) is 6.54 Å². The van der Waals surface area contributed by atoms with Gasteiger partial charge in [-0.05, 0) is 14.1 Å². The van der Waals surface area contributed by atoms with Gasteiger partial charge in [-0.2, -0.15) is 0 Å². The summed E-state index contributed by atoms with van der Waals surface area (Å²) in [5.74, 6) is 0.273. The van der Waals surface area contributed by atoms with Gasteiger partial charge >= 0.3 is 0 Å². The zero-order valence-corrected chi connectivity index (χ0v) is 9.63. The molecule has 0 aromatic heterocycles. The monoisotopic (exact) mass is 187 g/mol. The average Bonchev–Trinajstić information content (AvgIpc) is 1.81. The second kappa shape index (κ2) is 5.35. The van der Waals surface area contributed by atoms with Gasteiger partial charge in [-0.1, -0.05) is 0 Å². The minimum atomic E-state index is 0.273. The predicted molar refractivity (Wildman–Crippen MR) is 55.7 cm³/mol. The molecular weight excluding hydrogens is 164 g/mol. The molecule has 3 heteroatoms. The molecule has 0 aromatic rings. The number of rotatable bonds is 6. The third-order valence-electron chi connectivity index (χ3n) is 2.02. The Morgan fingerprint density at radius 2 is 1.85 bits per heavy atom. The van der Waals surface area contributed by atoms with Crippen LogP contribution in [0.4, 0.5) is 0 Å². The number of ketones is 1. The average molecular weight is 187 g/mol. The van der Waals surface area contributed by atoms with Crippen molar-refractivity contribution in [2.24, 2.45) is 0 Å². The van der Waals surface area contributed by atoms with Crippen molar-refractivity contribution in [3.05, 3.63) is 0 Å². The van der Waals surface area contributed by atoms with E-state index in [1.807, 2.05) is 0 Å². The molecule has 0 N–H and O–H groups in total. The van der Waals surface area contributed by atoms with Gasteiger partial charge in [0.25, 0.3) is 0 Å². The standard InChI is InChI=1S/C10H23N2O/c1-10(13)9-12(4,5)8-6-7-11(2)3/h6-9H2,1-5H3/q+1. The van der Waals surface area contributed by atoms with E-state index in [2.05, 4.69) is 33.1 Å². The molecule has 0 unspecified atom stereocenters. The Bertz CT molecular complexity index is 164. The maximum Gasteiger partial charge on any atom is 0.183 e. The van der Waals surface area contributed by atoms with Crippen LogP contribution in [-0.4, -0.2) is 63.0 Å². The summed E-state index contributed by atoms with van der Waals surface area (Å²) in [6, 6.07) is 0. The summed E-state index contributed by atoms with van der Waals surface area (Å²) in [6.45, 7) is 4.47. The molecule has 0 aliphatic rings. The van der Waals surface area contributed by atoms with E-state index in [0.29, 0.717) is 6.54 Å². The molecule has 0 amide bonds. The number of quaternary nitrogens is 1. The lowest BCUT2D eigenvalue weighted by Crippen LogP contribution is -2.44. The number of Topliss-reactive ketones (excluding diaryl/α,β-unsaturated/α-hetero) is 1. The molecule has 0 bridgehead atoms. The van der Waals surface area contributed by atoms with Gasteiger partial charge in [-0.25, -0.2) is 0 Å². The predicted octanol–water partition coefficient (Wildman–Crippen LogP) is 0.603. The highest BCUT2D eigenvalue weighted by atomic mass is 16.1. The number of hydrogen-bond donors (Lipinski definition) is 0. The van der Waals surface area contributed by atoms with Crippen LogP contribution in [0.15, 0.2) is 0 Å². The van der Waals surface area contributed by atoms with Crippen molar-refractivity contribution in [3.8, 4) is 0 Å². The van der Waals surface area contributed by atoms with E-state index in [0.717, 1.165) is 24.0 Å². The third-order valence-corrected chi connectivity index (χ3v) is 2.02. The Balaban J connectivity index is 3.69. The Morgan fingerprint density at radius 1 is 1.31 bits per heavy atom. The topological polar surface area (TPSA) is 20.3 Å².